The lowest BCUT2D eigenvalue weighted by atomic mass is 9.87. The number of nitrogens with two attached hydrogens (primary N) is 1. The van der Waals surface area contributed by atoms with E-state index in [1.807, 2.05) is 24.3 Å². The van der Waals surface area contributed by atoms with Crippen molar-refractivity contribution in [2.24, 2.45) is 5.92 Å². The molecule has 1 aromatic carbocycles. The Morgan fingerprint density at radius 1 is 1.15 bits per heavy atom. The maximum atomic E-state index is 9.53. The van der Waals surface area contributed by atoms with E-state index in [2.05, 4.69) is 15.3 Å². The molecule has 5 heteroatoms. The van der Waals surface area contributed by atoms with Crippen LogP contribution in [-0.2, 0) is 0 Å². The van der Waals surface area contributed by atoms with Crippen molar-refractivity contribution in [2.75, 3.05) is 17.6 Å². The van der Waals surface area contributed by atoms with Gasteiger partial charge in [-0.1, -0.05) is 12.1 Å². The van der Waals surface area contributed by atoms with E-state index in [1.54, 1.807) is 0 Å². The van der Waals surface area contributed by atoms with Crippen LogP contribution in [0.4, 0.5) is 11.8 Å². The molecule has 0 aliphatic heterocycles. The third-order valence-corrected chi connectivity index (χ3v) is 3.99. The van der Waals surface area contributed by atoms with Crippen LogP contribution in [0.25, 0.3) is 10.9 Å². The number of fused-ring (bicyclic) bond motifs is 1. The summed E-state index contributed by atoms with van der Waals surface area (Å²) in [6.07, 6.45) is 3.82. The third kappa shape index (κ3) is 2.82. The van der Waals surface area contributed by atoms with Gasteiger partial charge in [-0.2, -0.15) is 4.98 Å². The summed E-state index contributed by atoms with van der Waals surface area (Å²) >= 11 is 0. The first kappa shape index (κ1) is 13.1. The number of hydrogen-bond donors (Lipinski definition) is 3. The molecule has 20 heavy (non-hydrogen) atoms. The lowest BCUT2D eigenvalue weighted by molar-refractivity contribution is 0.111. The fourth-order valence-electron chi connectivity index (χ4n) is 2.82. The minimum Gasteiger partial charge on any atom is -0.393 e. The minimum absolute atomic E-state index is 0.109. The average Bonchev–Trinajstić information content (AvgIpc) is 2.46. The molecule has 4 N–H and O–H groups in total. The largest absolute Gasteiger partial charge is 0.393 e. The van der Waals surface area contributed by atoms with E-state index in [9.17, 15) is 5.11 Å². The Hall–Kier alpha value is -1.88. The molecule has 1 aliphatic rings. The molecule has 1 fully saturated rings. The maximum absolute atomic E-state index is 9.53. The van der Waals surface area contributed by atoms with Crippen molar-refractivity contribution in [3.63, 3.8) is 0 Å². The van der Waals surface area contributed by atoms with Crippen molar-refractivity contribution in [1.82, 2.24) is 9.97 Å². The number of benzene rings is 1. The van der Waals surface area contributed by atoms with Crippen LogP contribution >= 0.6 is 0 Å². The van der Waals surface area contributed by atoms with Crippen molar-refractivity contribution in [3.8, 4) is 0 Å². The summed E-state index contributed by atoms with van der Waals surface area (Å²) in [7, 11) is 0. The molecule has 0 saturated heterocycles. The molecule has 1 aromatic heterocycles. The van der Waals surface area contributed by atoms with E-state index in [4.69, 9.17) is 5.73 Å². The van der Waals surface area contributed by atoms with Gasteiger partial charge >= 0.3 is 0 Å². The number of nitrogen functional groups attached to an aromatic ring is 1. The highest BCUT2D eigenvalue weighted by Crippen LogP contribution is 2.26. The standard InChI is InChI=1S/C15H20N4O/c16-15-18-13-4-2-1-3-12(13)14(19-15)17-9-10-5-7-11(20)8-6-10/h1-4,10-11,20H,5-9H2,(H3,16,17,18,19). The number of nitrogens with zero attached hydrogens (tertiary/aromatic N) is 2. The Kier molecular flexibility index (Phi) is 3.69. The second-order valence-electron chi connectivity index (χ2n) is 5.50. The van der Waals surface area contributed by atoms with Crippen LogP contribution in [0.5, 0.6) is 0 Å². The zero-order chi connectivity index (χ0) is 13.9. The minimum atomic E-state index is -0.109. The summed E-state index contributed by atoms with van der Waals surface area (Å²) in [6, 6.07) is 7.86. The normalized spacial score (nSPS) is 22.9. The lowest BCUT2D eigenvalue weighted by Crippen LogP contribution is -2.24. The van der Waals surface area contributed by atoms with Crippen molar-refractivity contribution < 1.29 is 5.11 Å². The van der Waals surface area contributed by atoms with Gasteiger partial charge in [-0.15, -0.1) is 0 Å². The summed E-state index contributed by atoms with van der Waals surface area (Å²) in [5.74, 6) is 1.69. The van der Waals surface area contributed by atoms with Crippen LogP contribution in [0.2, 0.25) is 0 Å². The number of aliphatic hydroxyl groups excluding tert-OH is 1. The summed E-state index contributed by atoms with van der Waals surface area (Å²) in [5.41, 5.74) is 6.62. The Morgan fingerprint density at radius 3 is 2.70 bits per heavy atom. The first-order valence-electron chi connectivity index (χ1n) is 7.16. The predicted octanol–water partition coefficient (Wildman–Crippen LogP) is 2.17. The van der Waals surface area contributed by atoms with Gasteiger partial charge in [-0.3, -0.25) is 0 Å². The fraction of sp³-hybridized carbons (Fsp3) is 0.467. The number of nitrogens with one attached hydrogen (secondary N) is 1. The van der Waals surface area contributed by atoms with Gasteiger partial charge in [0, 0.05) is 11.9 Å². The van der Waals surface area contributed by atoms with Crippen LogP contribution in [0.15, 0.2) is 24.3 Å². The van der Waals surface area contributed by atoms with E-state index >= 15 is 0 Å². The highest BCUT2D eigenvalue weighted by molar-refractivity contribution is 5.89. The first-order chi connectivity index (χ1) is 9.72. The number of rotatable bonds is 3. The van der Waals surface area contributed by atoms with E-state index in [-0.39, 0.29) is 6.10 Å². The van der Waals surface area contributed by atoms with Crippen molar-refractivity contribution in [3.05, 3.63) is 24.3 Å². The van der Waals surface area contributed by atoms with Crippen molar-refractivity contribution >= 4 is 22.7 Å². The molecule has 0 atom stereocenters. The number of hydrogen-bond acceptors (Lipinski definition) is 5. The highest BCUT2D eigenvalue weighted by atomic mass is 16.3. The summed E-state index contributed by atoms with van der Waals surface area (Å²) in [4.78, 5) is 8.54. The van der Waals surface area contributed by atoms with Crippen molar-refractivity contribution in [1.29, 1.82) is 0 Å². The molecule has 5 nitrogen and oxygen atoms in total. The monoisotopic (exact) mass is 272 g/mol. The van der Waals surface area contributed by atoms with Crippen LogP contribution in [0.3, 0.4) is 0 Å². The molecule has 106 valence electrons. The van der Waals surface area contributed by atoms with Crippen molar-refractivity contribution in [2.45, 2.75) is 31.8 Å². The van der Waals surface area contributed by atoms with Gasteiger partial charge in [0.15, 0.2) is 0 Å². The molecular weight excluding hydrogens is 252 g/mol. The Morgan fingerprint density at radius 2 is 1.90 bits per heavy atom. The zero-order valence-electron chi connectivity index (χ0n) is 11.4. The highest BCUT2D eigenvalue weighted by Gasteiger charge is 2.19. The molecule has 3 rings (SSSR count). The SMILES string of the molecule is Nc1nc(NCC2CCC(O)CC2)c2ccccc2n1. The number of aromatic nitrogens is 2. The average molecular weight is 272 g/mol. The number of anilines is 2. The van der Waals surface area contributed by atoms with E-state index in [1.165, 1.54) is 0 Å². The van der Waals surface area contributed by atoms with Gasteiger partial charge in [0.1, 0.15) is 5.82 Å². The Balaban J connectivity index is 1.74. The summed E-state index contributed by atoms with van der Waals surface area (Å²) in [6.45, 7) is 0.868. The molecule has 0 radical (unpaired) electrons. The third-order valence-electron chi connectivity index (χ3n) is 3.99. The van der Waals surface area contributed by atoms with Gasteiger partial charge in [-0.25, -0.2) is 4.98 Å². The quantitative estimate of drug-likeness (QED) is 0.797. The van der Waals surface area contributed by atoms with E-state index in [0.29, 0.717) is 11.9 Å². The van der Waals surface area contributed by atoms with Gasteiger partial charge in [0.25, 0.3) is 0 Å². The topological polar surface area (TPSA) is 84.1 Å². The Bertz CT molecular complexity index is 593. The Labute approximate surface area is 118 Å². The lowest BCUT2D eigenvalue weighted by Gasteiger charge is -2.25. The molecule has 0 spiro atoms. The van der Waals surface area contributed by atoms with Gasteiger partial charge in [0.2, 0.25) is 5.95 Å². The second-order valence-corrected chi connectivity index (χ2v) is 5.50. The first-order valence-corrected chi connectivity index (χ1v) is 7.16. The molecule has 1 aliphatic carbocycles. The number of aliphatic hydroxyl groups is 1. The fourth-order valence-corrected chi connectivity index (χ4v) is 2.82. The van der Waals surface area contributed by atoms with Crippen LogP contribution in [0.1, 0.15) is 25.7 Å². The molecule has 0 bridgehead atoms. The maximum Gasteiger partial charge on any atom is 0.222 e. The zero-order valence-corrected chi connectivity index (χ0v) is 11.4. The summed E-state index contributed by atoms with van der Waals surface area (Å²) in [5, 5.41) is 13.9. The van der Waals surface area contributed by atoms with E-state index < -0.39 is 0 Å². The van der Waals surface area contributed by atoms with Crippen LogP contribution < -0.4 is 11.1 Å². The summed E-state index contributed by atoms with van der Waals surface area (Å²) < 4.78 is 0. The molecule has 0 amide bonds. The molecular formula is C15H20N4O. The van der Waals surface area contributed by atoms with Gasteiger partial charge < -0.3 is 16.2 Å². The molecule has 1 saturated carbocycles. The van der Waals surface area contributed by atoms with Gasteiger partial charge in [-0.05, 0) is 43.7 Å². The second kappa shape index (κ2) is 5.63. The molecule has 0 unspecified atom stereocenters. The van der Waals surface area contributed by atoms with Gasteiger partial charge in [0.05, 0.1) is 11.6 Å². The smallest absolute Gasteiger partial charge is 0.222 e. The predicted molar refractivity (Wildman–Crippen MR) is 80.4 cm³/mol. The molecule has 1 heterocycles. The number of para-hydroxylation sites is 1. The van der Waals surface area contributed by atoms with E-state index in [0.717, 1.165) is 48.9 Å². The molecule has 2 aromatic rings. The van der Waals surface area contributed by atoms with Crippen LogP contribution in [-0.4, -0.2) is 27.7 Å². The van der Waals surface area contributed by atoms with Crippen LogP contribution in [0, 0.1) is 5.92 Å².